The van der Waals surface area contributed by atoms with Crippen LogP contribution in [-0.2, 0) is 16.1 Å². The summed E-state index contributed by atoms with van der Waals surface area (Å²) in [6, 6.07) is 9.41. The summed E-state index contributed by atoms with van der Waals surface area (Å²) < 4.78 is 10.7. The molecule has 0 unspecified atom stereocenters. The Hall–Kier alpha value is -3.01. The number of hydrogen-bond acceptors (Lipinski definition) is 8. The molecule has 3 heterocycles. The van der Waals surface area contributed by atoms with Crippen LogP contribution in [0.1, 0.15) is 31.7 Å². The molecular weight excluding hydrogens is 442 g/mol. The first-order chi connectivity index (χ1) is 16.1. The molecular formula is C23H29N5O4S. The lowest BCUT2D eigenvalue weighted by Crippen LogP contribution is -2.43. The highest BCUT2D eigenvalue weighted by Crippen LogP contribution is 2.32. The van der Waals surface area contributed by atoms with E-state index in [4.69, 9.17) is 9.47 Å². The van der Waals surface area contributed by atoms with Gasteiger partial charge in [-0.05, 0) is 49.1 Å². The lowest BCUT2D eigenvalue weighted by molar-refractivity contribution is -0.125. The van der Waals surface area contributed by atoms with E-state index in [2.05, 4.69) is 25.7 Å². The number of piperidine rings is 1. The number of amides is 2. The lowest BCUT2D eigenvalue weighted by atomic mass is 9.97. The van der Waals surface area contributed by atoms with E-state index in [1.54, 1.807) is 0 Å². The molecule has 0 spiro atoms. The van der Waals surface area contributed by atoms with Gasteiger partial charge in [-0.1, -0.05) is 24.8 Å². The minimum Gasteiger partial charge on any atom is -0.454 e. The van der Waals surface area contributed by atoms with Crippen LogP contribution in [0.2, 0.25) is 0 Å². The Labute approximate surface area is 197 Å². The highest BCUT2D eigenvalue weighted by molar-refractivity contribution is 7.99. The van der Waals surface area contributed by atoms with E-state index in [0.717, 1.165) is 42.9 Å². The number of nitrogens with one attached hydrogen (secondary N) is 2. The number of rotatable bonds is 9. The summed E-state index contributed by atoms with van der Waals surface area (Å²) >= 11 is 1.34. The second-order valence-corrected chi connectivity index (χ2v) is 9.05. The van der Waals surface area contributed by atoms with Gasteiger partial charge in [-0.15, -0.1) is 10.2 Å². The average Bonchev–Trinajstić information content (AvgIpc) is 3.33. The number of ether oxygens (including phenoxy) is 2. The summed E-state index contributed by atoms with van der Waals surface area (Å²) in [5, 5.41) is 15.2. The maximum Gasteiger partial charge on any atom is 0.231 e. The standard InChI is InChI=1S/C23H29N5O4S/c1-2-9-24-23(30)17-4-3-10-28(13-17)20-7-8-22(27-26-20)33-14-21(29)25-12-16-5-6-18-19(11-16)32-15-31-18/h5-8,11,17H,2-4,9-10,12-15H2,1H3,(H,24,30)(H,25,29)/t17-/m1/s1. The molecule has 0 radical (unpaired) electrons. The second kappa shape index (κ2) is 11.2. The van der Waals surface area contributed by atoms with Gasteiger partial charge in [0.25, 0.3) is 0 Å². The van der Waals surface area contributed by atoms with Crippen molar-refractivity contribution in [3.8, 4) is 11.5 Å². The van der Waals surface area contributed by atoms with E-state index in [1.807, 2.05) is 37.3 Å². The SMILES string of the molecule is CCCNC(=O)[C@@H]1CCCN(c2ccc(SCC(=O)NCc3ccc4c(c3)OCO4)nn2)C1. The highest BCUT2D eigenvalue weighted by Gasteiger charge is 2.26. The van der Waals surface area contributed by atoms with Crippen LogP contribution in [0.3, 0.4) is 0 Å². The summed E-state index contributed by atoms with van der Waals surface area (Å²) in [4.78, 5) is 26.6. The van der Waals surface area contributed by atoms with Crippen molar-refractivity contribution in [3.05, 3.63) is 35.9 Å². The predicted molar refractivity (Wildman–Crippen MR) is 125 cm³/mol. The summed E-state index contributed by atoms with van der Waals surface area (Å²) in [6.45, 7) is 4.92. The molecule has 1 aromatic carbocycles. The minimum absolute atomic E-state index is 0.0189. The van der Waals surface area contributed by atoms with E-state index < -0.39 is 0 Å². The third-order valence-electron chi connectivity index (χ3n) is 5.57. The summed E-state index contributed by atoms with van der Waals surface area (Å²) in [5.74, 6) is 2.46. The maximum atomic E-state index is 12.3. The van der Waals surface area contributed by atoms with Crippen molar-refractivity contribution in [3.63, 3.8) is 0 Å². The molecule has 1 atom stereocenters. The van der Waals surface area contributed by atoms with E-state index in [9.17, 15) is 9.59 Å². The molecule has 4 rings (SSSR count). The average molecular weight is 472 g/mol. The van der Waals surface area contributed by atoms with Crippen LogP contribution in [0.15, 0.2) is 35.4 Å². The molecule has 2 aromatic rings. The number of carbonyl (C=O) groups is 2. The smallest absolute Gasteiger partial charge is 0.231 e. The number of benzene rings is 1. The van der Waals surface area contributed by atoms with Gasteiger partial charge < -0.3 is 25.0 Å². The molecule has 2 aliphatic heterocycles. The predicted octanol–water partition coefficient (Wildman–Crippen LogP) is 2.36. The minimum atomic E-state index is -0.0829. The van der Waals surface area contributed by atoms with Crippen molar-refractivity contribution in [2.45, 2.75) is 37.8 Å². The highest BCUT2D eigenvalue weighted by atomic mass is 32.2. The van der Waals surface area contributed by atoms with Gasteiger partial charge in [-0.3, -0.25) is 9.59 Å². The largest absolute Gasteiger partial charge is 0.454 e. The van der Waals surface area contributed by atoms with Gasteiger partial charge in [-0.25, -0.2) is 0 Å². The van der Waals surface area contributed by atoms with Crippen molar-refractivity contribution in [1.82, 2.24) is 20.8 Å². The molecule has 0 bridgehead atoms. The normalized spacial score (nSPS) is 17.0. The number of anilines is 1. The van der Waals surface area contributed by atoms with Crippen LogP contribution in [0.5, 0.6) is 11.5 Å². The van der Waals surface area contributed by atoms with E-state index in [0.29, 0.717) is 30.4 Å². The van der Waals surface area contributed by atoms with Crippen LogP contribution in [0.25, 0.3) is 0 Å². The van der Waals surface area contributed by atoms with E-state index >= 15 is 0 Å². The van der Waals surface area contributed by atoms with Gasteiger partial charge in [0.1, 0.15) is 5.03 Å². The zero-order valence-corrected chi connectivity index (χ0v) is 19.5. The van der Waals surface area contributed by atoms with Crippen LogP contribution in [0.4, 0.5) is 5.82 Å². The Morgan fingerprint density at radius 2 is 2.03 bits per heavy atom. The lowest BCUT2D eigenvalue weighted by Gasteiger charge is -2.32. The molecule has 176 valence electrons. The number of fused-ring (bicyclic) bond motifs is 1. The van der Waals surface area contributed by atoms with Gasteiger partial charge in [0.15, 0.2) is 17.3 Å². The van der Waals surface area contributed by atoms with Crippen LogP contribution in [0, 0.1) is 5.92 Å². The van der Waals surface area contributed by atoms with Crippen molar-refractivity contribution in [2.24, 2.45) is 5.92 Å². The van der Waals surface area contributed by atoms with E-state index in [1.165, 1.54) is 11.8 Å². The van der Waals surface area contributed by atoms with Crippen LogP contribution in [-0.4, -0.2) is 54.2 Å². The molecule has 2 N–H and O–H groups in total. The number of nitrogens with zero attached hydrogens (tertiary/aromatic N) is 3. The molecule has 0 saturated carbocycles. The van der Waals surface area contributed by atoms with Crippen molar-refractivity contribution in [1.29, 1.82) is 0 Å². The maximum absolute atomic E-state index is 12.3. The molecule has 2 amide bonds. The Bertz CT molecular complexity index is 972. The first kappa shape index (κ1) is 23.2. The Kier molecular flexibility index (Phi) is 7.87. The summed E-state index contributed by atoms with van der Waals surface area (Å²) in [6.07, 6.45) is 2.78. The fourth-order valence-corrected chi connectivity index (χ4v) is 4.44. The Balaban J connectivity index is 1.22. The van der Waals surface area contributed by atoms with Gasteiger partial charge >= 0.3 is 0 Å². The molecule has 1 aromatic heterocycles. The van der Waals surface area contributed by atoms with Gasteiger partial charge in [0.2, 0.25) is 18.6 Å². The van der Waals surface area contributed by atoms with Gasteiger partial charge in [-0.2, -0.15) is 0 Å². The van der Waals surface area contributed by atoms with Gasteiger partial charge in [0.05, 0.1) is 11.7 Å². The number of thioether (sulfide) groups is 1. The quantitative estimate of drug-likeness (QED) is 0.537. The first-order valence-corrected chi connectivity index (χ1v) is 12.3. The summed E-state index contributed by atoms with van der Waals surface area (Å²) in [5.41, 5.74) is 0.949. The Morgan fingerprint density at radius 3 is 2.85 bits per heavy atom. The fourth-order valence-electron chi connectivity index (χ4n) is 3.79. The van der Waals surface area contributed by atoms with Gasteiger partial charge in [0, 0.05) is 26.2 Å². The van der Waals surface area contributed by atoms with E-state index in [-0.39, 0.29) is 30.3 Å². The molecule has 1 saturated heterocycles. The van der Waals surface area contributed by atoms with Crippen LogP contribution >= 0.6 is 11.8 Å². The first-order valence-electron chi connectivity index (χ1n) is 11.3. The number of hydrogen-bond donors (Lipinski definition) is 2. The third kappa shape index (κ3) is 6.28. The topological polar surface area (TPSA) is 106 Å². The fraction of sp³-hybridized carbons (Fsp3) is 0.478. The van der Waals surface area contributed by atoms with Crippen molar-refractivity contribution >= 4 is 29.4 Å². The second-order valence-electron chi connectivity index (χ2n) is 8.06. The third-order valence-corrected chi connectivity index (χ3v) is 6.49. The molecule has 10 heteroatoms. The monoisotopic (exact) mass is 471 g/mol. The molecule has 9 nitrogen and oxygen atoms in total. The van der Waals surface area contributed by atoms with Crippen LogP contribution < -0.4 is 25.0 Å². The van der Waals surface area contributed by atoms with Crippen molar-refractivity contribution < 1.29 is 19.1 Å². The molecule has 33 heavy (non-hydrogen) atoms. The molecule has 1 fully saturated rings. The number of aromatic nitrogens is 2. The Morgan fingerprint density at radius 1 is 1.15 bits per heavy atom. The molecule has 2 aliphatic rings. The zero-order valence-electron chi connectivity index (χ0n) is 18.7. The summed E-state index contributed by atoms with van der Waals surface area (Å²) in [7, 11) is 0. The van der Waals surface area contributed by atoms with Crippen molar-refractivity contribution in [2.75, 3.05) is 37.1 Å². The zero-order chi connectivity index (χ0) is 23.0. The number of carbonyl (C=O) groups excluding carboxylic acids is 2. The molecule has 0 aliphatic carbocycles.